The molecule has 1 heterocycles. The van der Waals surface area contributed by atoms with Crippen LogP contribution in [0.25, 0.3) is 0 Å². The zero-order chi connectivity index (χ0) is 11.6. The van der Waals surface area contributed by atoms with Crippen molar-refractivity contribution in [3.8, 4) is 6.07 Å². The average Bonchev–Trinajstić information content (AvgIpc) is 2.99. The molecule has 1 aromatic rings. The summed E-state index contributed by atoms with van der Waals surface area (Å²) in [6, 6.07) is 2.96. The molecule has 1 aromatic heterocycles. The number of aromatic nitrogens is 2. The molecular weight excluding hydrogens is 200 g/mol. The van der Waals surface area contributed by atoms with E-state index in [2.05, 4.69) is 20.9 Å². The van der Waals surface area contributed by atoms with Crippen LogP contribution < -0.4 is 5.32 Å². The predicted octanol–water partition coefficient (Wildman–Crippen LogP) is 1.86. The fourth-order valence-electron chi connectivity index (χ4n) is 1.69. The molecule has 0 aliphatic heterocycles. The normalized spacial score (nSPS) is 16.1. The number of hydrogen-bond acceptors (Lipinski definition) is 3. The first-order valence-electron chi connectivity index (χ1n) is 5.75. The summed E-state index contributed by atoms with van der Waals surface area (Å²) in [5.41, 5.74) is 0.918. The summed E-state index contributed by atoms with van der Waals surface area (Å²) in [6.45, 7) is 5.39. The van der Waals surface area contributed by atoms with Gasteiger partial charge in [-0.25, -0.2) is 4.98 Å². The molecule has 1 fully saturated rings. The van der Waals surface area contributed by atoms with E-state index < -0.39 is 0 Å². The molecular formula is C12H18N4. The van der Waals surface area contributed by atoms with Gasteiger partial charge in [-0.2, -0.15) is 5.26 Å². The molecule has 86 valence electrons. The molecule has 0 spiro atoms. The SMILES string of the molecule is CC(C)(C#N)CNCc1cncn1C1CC1. The van der Waals surface area contributed by atoms with E-state index >= 15 is 0 Å². The second kappa shape index (κ2) is 4.26. The van der Waals surface area contributed by atoms with E-state index in [1.54, 1.807) is 0 Å². The van der Waals surface area contributed by atoms with Crippen molar-refractivity contribution in [3.05, 3.63) is 18.2 Å². The minimum Gasteiger partial charge on any atom is -0.330 e. The smallest absolute Gasteiger partial charge is 0.0951 e. The zero-order valence-electron chi connectivity index (χ0n) is 9.90. The number of imidazole rings is 1. The Hall–Kier alpha value is -1.34. The van der Waals surface area contributed by atoms with Crippen molar-refractivity contribution in [1.29, 1.82) is 5.26 Å². The largest absolute Gasteiger partial charge is 0.330 e. The maximum absolute atomic E-state index is 8.90. The summed E-state index contributed by atoms with van der Waals surface area (Å²) < 4.78 is 2.24. The van der Waals surface area contributed by atoms with E-state index in [4.69, 9.17) is 5.26 Å². The van der Waals surface area contributed by atoms with Crippen molar-refractivity contribution < 1.29 is 0 Å². The van der Waals surface area contributed by atoms with Crippen LogP contribution in [0, 0.1) is 16.7 Å². The highest BCUT2D eigenvalue weighted by Gasteiger charge is 2.25. The van der Waals surface area contributed by atoms with Gasteiger partial charge in [-0.1, -0.05) is 0 Å². The molecule has 0 bridgehead atoms. The monoisotopic (exact) mass is 218 g/mol. The standard InChI is InChI=1S/C12H18N4/c1-12(2,7-13)8-14-5-11-6-15-9-16(11)10-3-4-10/h6,9-10,14H,3-5,8H2,1-2H3. The molecule has 1 aliphatic rings. The topological polar surface area (TPSA) is 53.6 Å². The quantitative estimate of drug-likeness (QED) is 0.820. The van der Waals surface area contributed by atoms with Crippen LogP contribution in [0.2, 0.25) is 0 Å². The van der Waals surface area contributed by atoms with Gasteiger partial charge in [0.25, 0.3) is 0 Å². The lowest BCUT2D eigenvalue weighted by molar-refractivity contribution is 0.439. The van der Waals surface area contributed by atoms with Gasteiger partial charge in [-0.3, -0.25) is 0 Å². The Bertz CT molecular complexity index is 395. The highest BCUT2D eigenvalue weighted by atomic mass is 15.1. The zero-order valence-corrected chi connectivity index (χ0v) is 9.90. The van der Waals surface area contributed by atoms with Gasteiger partial charge in [0.1, 0.15) is 0 Å². The maximum atomic E-state index is 8.90. The lowest BCUT2D eigenvalue weighted by Crippen LogP contribution is -2.28. The maximum Gasteiger partial charge on any atom is 0.0951 e. The van der Waals surface area contributed by atoms with Crippen molar-refractivity contribution in [2.45, 2.75) is 39.3 Å². The third-order valence-corrected chi connectivity index (χ3v) is 2.86. The van der Waals surface area contributed by atoms with Gasteiger partial charge in [-0.15, -0.1) is 0 Å². The first-order valence-corrected chi connectivity index (χ1v) is 5.75. The molecule has 1 saturated carbocycles. The van der Waals surface area contributed by atoms with Crippen molar-refractivity contribution in [1.82, 2.24) is 14.9 Å². The number of nitrogens with one attached hydrogen (secondary N) is 1. The molecule has 0 aromatic carbocycles. The summed E-state index contributed by atoms with van der Waals surface area (Å²) in [5, 5.41) is 12.2. The Kier molecular flexibility index (Phi) is 2.97. The number of nitriles is 1. The van der Waals surface area contributed by atoms with Crippen LogP contribution in [0.4, 0.5) is 0 Å². The lowest BCUT2D eigenvalue weighted by atomic mass is 9.96. The van der Waals surface area contributed by atoms with E-state index in [-0.39, 0.29) is 5.41 Å². The molecule has 4 heteroatoms. The van der Waals surface area contributed by atoms with E-state index in [9.17, 15) is 0 Å². The van der Waals surface area contributed by atoms with Gasteiger partial charge in [-0.05, 0) is 26.7 Å². The van der Waals surface area contributed by atoms with Gasteiger partial charge in [0.05, 0.1) is 23.5 Å². The first-order chi connectivity index (χ1) is 7.62. The van der Waals surface area contributed by atoms with Crippen LogP contribution in [0.15, 0.2) is 12.5 Å². The number of rotatable bonds is 5. The van der Waals surface area contributed by atoms with Crippen molar-refractivity contribution in [3.63, 3.8) is 0 Å². The van der Waals surface area contributed by atoms with Crippen molar-refractivity contribution in [2.24, 2.45) is 5.41 Å². The average molecular weight is 218 g/mol. The predicted molar refractivity (Wildman–Crippen MR) is 61.6 cm³/mol. The molecule has 0 atom stereocenters. The van der Waals surface area contributed by atoms with Crippen LogP contribution >= 0.6 is 0 Å². The third-order valence-electron chi connectivity index (χ3n) is 2.86. The Balaban J connectivity index is 1.86. The fraction of sp³-hybridized carbons (Fsp3) is 0.667. The molecule has 16 heavy (non-hydrogen) atoms. The number of nitrogens with zero attached hydrogens (tertiary/aromatic N) is 3. The third kappa shape index (κ3) is 2.61. The molecule has 2 rings (SSSR count). The van der Waals surface area contributed by atoms with Crippen LogP contribution in [-0.4, -0.2) is 16.1 Å². The summed E-state index contributed by atoms with van der Waals surface area (Å²) in [5.74, 6) is 0. The molecule has 4 nitrogen and oxygen atoms in total. The minimum absolute atomic E-state index is 0.301. The van der Waals surface area contributed by atoms with Crippen LogP contribution in [0.5, 0.6) is 0 Å². The van der Waals surface area contributed by atoms with Crippen LogP contribution in [-0.2, 0) is 6.54 Å². The summed E-state index contributed by atoms with van der Waals surface area (Å²) in [6.07, 6.45) is 6.36. The molecule has 0 unspecified atom stereocenters. The van der Waals surface area contributed by atoms with Gasteiger partial charge >= 0.3 is 0 Å². The van der Waals surface area contributed by atoms with Crippen molar-refractivity contribution >= 4 is 0 Å². The van der Waals surface area contributed by atoms with E-state index in [0.717, 1.165) is 6.54 Å². The fourth-order valence-corrected chi connectivity index (χ4v) is 1.69. The van der Waals surface area contributed by atoms with E-state index in [1.165, 1.54) is 18.5 Å². The lowest BCUT2D eigenvalue weighted by Gasteiger charge is -2.16. The Labute approximate surface area is 96.3 Å². The van der Waals surface area contributed by atoms with E-state index in [1.807, 2.05) is 26.4 Å². The second-order valence-corrected chi connectivity index (χ2v) is 5.12. The summed E-state index contributed by atoms with van der Waals surface area (Å²) in [4.78, 5) is 4.18. The minimum atomic E-state index is -0.301. The van der Waals surface area contributed by atoms with Gasteiger partial charge in [0, 0.05) is 25.3 Å². The summed E-state index contributed by atoms with van der Waals surface area (Å²) >= 11 is 0. The van der Waals surface area contributed by atoms with Gasteiger partial charge in [0.2, 0.25) is 0 Å². The highest BCUT2D eigenvalue weighted by molar-refractivity contribution is 5.03. The Morgan fingerprint density at radius 3 is 3.00 bits per heavy atom. The van der Waals surface area contributed by atoms with Crippen molar-refractivity contribution in [2.75, 3.05) is 6.54 Å². The number of hydrogen-bond donors (Lipinski definition) is 1. The second-order valence-electron chi connectivity index (χ2n) is 5.12. The van der Waals surface area contributed by atoms with Gasteiger partial charge in [0.15, 0.2) is 0 Å². The Morgan fingerprint density at radius 1 is 1.62 bits per heavy atom. The molecule has 0 saturated heterocycles. The van der Waals surface area contributed by atoms with Gasteiger partial charge < -0.3 is 9.88 Å². The highest BCUT2D eigenvalue weighted by Crippen LogP contribution is 2.35. The Morgan fingerprint density at radius 2 is 2.38 bits per heavy atom. The molecule has 1 N–H and O–H groups in total. The summed E-state index contributed by atoms with van der Waals surface area (Å²) in [7, 11) is 0. The molecule has 1 aliphatic carbocycles. The first kappa shape index (κ1) is 11.2. The van der Waals surface area contributed by atoms with E-state index in [0.29, 0.717) is 12.6 Å². The molecule has 0 amide bonds. The van der Waals surface area contributed by atoms with Crippen LogP contribution in [0.3, 0.4) is 0 Å². The molecule has 0 radical (unpaired) electrons. The van der Waals surface area contributed by atoms with Crippen LogP contribution in [0.1, 0.15) is 38.4 Å².